The first kappa shape index (κ1) is 13.1. The Kier molecular flexibility index (Phi) is 6.69. The van der Waals surface area contributed by atoms with Crippen molar-refractivity contribution < 1.29 is 9.53 Å². The number of hydrogen-bond acceptors (Lipinski definition) is 3. The Hall–Kier alpha value is -1.00. The van der Waals surface area contributed by atoms with E-state index in [4.69, 9.17) is 4.74 Å². The van der Waals surface area contributed by atoms with Gasteiger partial charge in [0.1, 0.15) is 0 Å². The lowest BCUT2D eigenvalue weighted by atomic mass is 10.3. The van der Waals surface area contributed by atoms with Crippen molar-refractivity contribution in [2.24, 2.45) is 0 Å². The number of thioether (sulfide) groups is 1. The van der Waals surface area contributed by atoms with Crippen LogP contribution in [-0.2, 0) is 9.53 Å². The minimum absolute atomic E-state index is 0.0658. The second-order valence-corrected chi connectivity index (χ2v) is 4.49. The Morgan fingerprint density at radius 3 is 2.75 bits per heavy atom. The number of rotatable bonds is 7. The normalized spacial score (nSPS) is 10.1. The molecule has 1 aromatic rings. The summed E-state index contributed by atoms with van der Waals surface area (Å²) in [6.07, 6.45) is 0.545. The lowest BCUT2D eigenvalue weighted by Gasteiger charge is -2.04. The van der Waals surface area contributed by atoms with Gasteiger partial charge in [-0.15, -0.1) is 0 Å². The van der Waals surface area contributed by atoms with E-state index in [0.29, 0.717) is 6.42 Å². The van der Waals surface area contributed by atoms with E-state index in [0.717, 1.165) is 23.8 Å². The van der Waals surface area contributed by atoms with Crippen molar-refractivity contribution in [3.8, 4) is 0 Å². The fraction of sp³-hybridized carbons (Fsp3) is 0.417. The molecule has 0 saturated carbocycles. The van der Waals surface area contributed by atoms with Crippen LogP contribution >= 0.6 is 11.8 Å². The van der Waals surface area contributed by atoms with E-state index in [1.807, 2.05) is 30.3 Å². The van der Waals surface area contributed by atoms with Crippen LogP contribution in [0.15, 0.2) is 30.3 Å². The predicted molar refractivity (Wildman–Crippen MR) is 68.9 cm³/mol. The molecule has 0 saturated heterocycles. The zero-order chi connectivity index (χ0) is 11.6. The zero-order valence-corrected chi connectivity index (χ0v) is 10.3. The van der Waals surface area contributed by atoms with Crippen molar-refractivity contribution in [1.82, 2.24) is 0 Å². The van der Waals surface area contributed by atoms with Crippen molar-refractivity contribution in [3.05, 3.63) is 30.3 Å². The van der Waals surface area contributed by atoms with Crippen LogP contribution in [0.5, 0.6) is 0 Å². The van der Waals surface area contributed by atoms with E-state index in [2.05, 4.69) is 5.32 Å². The standard InChI is InChI=1S/C12H17NO2S/c1-15-8-10-16-9-7-12(14)13-11-5-3-2-4-6-11/h2-6H,7-10H2,1H3,(H,13,14). The van der Waals surface area contributed by atoms with Crippen LogP contribution in [0.2, 0.25) is 0 Å². The lowest BCUT2D eigenvalue weighted by Crippen LogP contribution is -2.12. The third-order valence-electron chi connectivity index (χ3n) is 1.96. The fourth-order valence-corrected chi connectivity index (χ4v) is 1.97. The number of methoxy groups -OCH3 is 1. The molecule has 0 aliphatic rings. The van der Waals surface area contributed by atoms with Gasteiger partial charge in [-0.2, -0.15) is 11.8 Å². The Labute approximate surface area is 101 Å². The van der Waals surface area contributed by atoms with Crippen molar-refractivity contribution in [2.75, 3.05) is 30.5 Å². The van der Waals surface area contributed by atoms with Gasteiger partial charge in [-0.1, -0.05) is 18.2 Å². The van der Waals surface area contributed by atoms with E-state index in [9.17, 15) is 4.79 Å². The molecule has 0 spiro atoms. The monoisotopic (exact) mass is 239 g/mol. The molecule has 88 valence electrons. The molecule has 0 unspecified atom stereocenters. The average Bonchev–Trinajstić information content (AvgIpc) is 2.30. The summed E-state index contributed by atoms with van der Waals surface area (Å²) in [5.41, 5.74) is 0.856. The predicted octanol–water partition coefficient (Wildman–Crippen LogP) is 2.39. The van der Waals surface area contributed by atoms with Crippen LogP contribution in [0.4, 0.5) is 5.69 Å². The molecule has 0 heterocycles. The molecule has 0 aliphatic carbocycles. The Bertz CT molecular complexity index is 303. The number of ether oxygens (including phenoxy) is 1. The molecule has 16 heavy (non-hydrogen) atoms. The van der Waals surface area contributed by atoms with Crippen molar-refractivity contribution in [2.45, 2.75) is 6.42 Å². The summed E-state index contributed by atoms with van der Waals surface area (Å²) >= 11 is 1.73. The molecule has 4 heteroatoms. The smallest absolute Gasteiger partial charge is 0.225 e. The Morgan fingerprint density at radius 1 is 1.31 bits per heavy atom. The zero-order valence-electron chi connectivity index (χ0n) is 9.44. The summed E-state index contributed by atoms with van der Waals surface area (Å²) < 4.78 is 4.92. The highest BCUT2D eigenvalue weighted by Gasteiger charge is 2.01. The Morgan fingerprint density at radius 2 is 2.06 bits per heavy atom. The highest BCUT2D eigenvalue weighted by atomic mass is 32.2. The molecule has 0 bridgehead atoms. The molecule has 3 nitrogen and oxygen atoms in total. The number of para-hydroxylation sites is 1. The average molecular weight is 239 g/mol. The Balaban J connectivity index is 2.12. The molecular formula is C12H17NO2S. The summed E-state index contributed by atoms with van der Waals surface area (Å²) in [6, 6.07) is 9.51. The third kappa shape index (κ3) is 5.78. The van der Waals surface area contributed by atoms with Gasteiger partial charge >= 0.3 is 0 Å². The van der Waals surface area contributed by atoms with Gasteiger partial charge in [0.05, 0.1) is 6.61 Å². The van der Waals surface area contributed by atoms with Crippen LogP contribution < -0.4 is 5.32 Å². The molecule has 1 aromatic carbocycles. The molecule has 0 aliphatic heterocycles. The molecule has 1 rings (SSSR count). The van der Waals surface area contributed by atoms with Gasteiger partial charge in [0.2, 0.25) is 5.91 Å². The first-order valence-corrected chi connectivity index (χ1v) is 6.40. The van der Waals surface area contributed by atoms with E-state index >= 15 is 0 Å². The minimum atomic E-state index is 0.0658. The van der Waals surface area contributed by atoms with Gasteiger partial charge in [-0.3, -0.25) is 4.79 Å². The highest BCUT2D eigenvalue weighted by molar-refractivity contribution is 7.99. The van der Waals surface area contributed by atoms with Crippen molar-refractivity contribution in [1.29, 1.82) is 0 Å². The number of hydrogen-bond donors (Lipinski definition) is 1. The van der Waals surface area contributed by atoms with Gasteiger partial charge in [0, 0.05) is 30.7 Å². The quantitative estimate of drug-likeness (QED) is 0.742. The van der Waals surface area contributed by atoms with Crippen LogP contribution in [0.25, 0.3) is 0 Å². The molecular weight excluding hydrogens is 222 g/mol. The molecule has 1 N–H and O–H groups in total. The van der Waals surface area contributed by atoms with E-state index in [1.165, 1.54) is 0 Å². The third-order valence-corrected chi connectivity index (χ3v) is 2.91. The van der Waals surface area contributed by atoms with E-state index in [1.54, 1.807) is 18.9 Å². The first-order valence-electron chi connectivity index (χ1n) is 5.24. The molecule has 0 atom stereocenters. The largest absolute Gasteiger partial charge is 0.384 e. The number of benzene rings is 1. The van der Waals surface area contributed by atoms with Gasteiger partial charge in [-0.05, 0) is 12.1 Å². The molecule has 0 fully saturated rings. The number of carbonyl (C=O) groups excluding carboxylic acids is 1. The van der Waals surface area contributed by atoms with Crippen LogP contribution in [0, 0.1) is 0 Å². The minimum Gasteiger partial charge on any atom is -0.384 e. The lowest BCUT2D eigenvalue weighted by molar-refractivity contribution is -0.115. The van der Waals surface area contributed by atoms with E-state index in [-0.39, 0.29) is 5.91 Å². The molecule has 0 aromatic heterocycles. The molecule has 0 radical (unpaired) electrons. The van der Waals surface area contributed by atoms with Crippen LogP contribution in [-0.4, -0.2) is 31.1 Å². The van der Waals surface area contributed by atoms with Crippen molar-refractivity contribution in [3.63, 3.8) is 0 Å². The number of carbonyl (C=O) groups is 1. The van der Waals surface area contributed by atoms with Gasteiger partial charge < -0.3 is 10.1 Å². The summed E-state index contributed by atoms with van der Waals surface area (Å²) in [6.45, 7) is 0.741. The maximum atomic E-state index is 11.5. The maximum Gasteiger partial charge on any atom is 0.225 e. The highest BCUT2D eigenvalue weighted by Crippen LogP contribution is 2.07. The summed E-state index contributed by atoms with van der Waals surface area (Å²) in [4.78, 5) is 11.5. The van der Waals surface area contributed by atoms with Gasteiger partial charge in [0.15, 0.2) is 0 Å². The van der Waals surface area contributed by atoms with Crippen LogP contribution in [0.3, 0.4) is 0 Å². The van der Waals surface area contributed by atoms with Crippen LogP contribution in [0.1, 0.15) is 6.42 Å². The number of nitrogens with one attached hydrogen (secondary N) is 1. The molecule has 1 amide bonds. The van der Waals surface area contributed by atoms with Gasteiger partial charge in [0.25, 0.3) is 0 Å². The SMILES string of the molecule is COCCSCCC(=O)Nc1ccccc1. The van der Waals surface area contributed by atoms with Gasteiger partial charge in [-0.25, -0.2) is 0 Å². The van der Waals surface area contributed by atoms with Crippen molar-refractivity contribution >= 4 is 23.4 Å². The summed E-state index contributed by atoms with van der Waals surface area (Å²) in [5.74, 6) is 1.84. The summed E-state index contributed by atoms with van der Waals surface area (Å²) in [7, 11) is 1.68. The number of anilines is 1. The first-order chi connectivity index (χ1) is 7.83. The maximum absolute atomic E-state index is 11.5. The topological polar surface area (TPSA) is 38.3 Å². The summed E-state index contributed by atoms with van der Waals surface area (Å²) in [5, 5.41) is 2.85. The fourth-order valence-electron chi connectivity index (χ4n) is 1.15. The van der Waals surface area contributed by atoms with E-state index < -0.39 is 0 Å². The second kappa shape index (κ2) is 8.19. The second-order valence-electron chi connectivity index (χ2n) is 3.27. The number of amides is 1.